The minimum atomic E-state index is 1.09. The highest BCUT2D eigenvalue weighted by Gasteiger charge is 2.27. The van der Waals surface area contributed by atoms with Gasteiger partial charge in [0.1, 0.15) is 0 Å². The summed E-state index contributed by atoms with van der Waals surface area (Å²) >= 11 is 0. The van der Waals surface area contributed by atoms with E-state index in [1.54, 1.807) is 0 Å². The SMILES string of the molecule is c1ccc(-c2ccc3c(N(c4ccc5ccccc5c4)c4ccc5ccccc5c4)c4cc(-c5ccc6ccccc6c5)ccc4c(N(c4ccc5ccccc5c4)c4ccc5ccccc5c4)c3c2)cc1. The molecule has 0 spiro atoms. The highest BCUT2D eigenvalue weighted by atomic mass is 15.2. The van der Waals surface area contributed by atoms with E-state index in [2.05, 4.69) is 289 Å². The van der Waals surface area contributed by atoms with Gasteiger partial charge >= 0.3 is 0 Å². The summed E-state index contributed by atoms with van der Waals surface area (Å²) in [5.41, 5.74) is 11.2. The molecule has 2 heteroatoms. The van der Waals surface area contributed by atoms with Crippen LogP contribution < -0.4 is 9.80 Å². The van der Waals surface area contributed by atoms with Crippen LogP contribution in [0.2, 0.25) is 0 Å². The quantitative estimate of drug-likeness (QED) is 0.111. The molecule has 0 aliphatic rings. The predicted octanol–water partition coefficient (Wildman–Crippen LogP) is 20.0. The second-order valence-corrected chi connectivity index (χ2v) is 18.9. The van der Waals surface area contributed by atoms with Crippen molar-refractivity contribution in [2.45, 2.75) is 0 Å². The molecule has 0 atom stereocenters. The molecule has 2 nitrogen and oxygen atoms in total. The summed E-state index contributed by atoms with van der Waals surface area (Å²) < 4.78 is 0. The van der Waals surface area contributed by atoms with Gasteiger partial charge in [-0.05, 0) is 143 Å². The number of fused-ring (bicyclic) bond motifs is 7. The van der Waals surface area contributed by atoms with Crippen LogP contribution in [0.5, 0.6) is 0 Å². The number of rotatable bonds is 8. The zero-order chi connectivity index (χ0) is 47.5. The molecule has 0 radical (unpaired) electrons. The van der Waals surface area contributed by atoms with Gasteiger partial charge in [0.2, 0.25) is 0 Å². The van der Waals surface area contributed by atoms with Crippen molar-refractivity contribution in [3.05, 3.63) is 279 Å². The molecular weight excluding hydrogens is 869 g/mol. The van der Waals surface area contributed by atoms with Crippen LogP contribution in [0.1, 0.15) is 0 Å². The molecule has 336 valence electrons. The van der Waals surface area contributed by atoms with E-state index >= 15 is 0 Å². The van der Waals surface area contributed by atoms with Crippen molar-refractivity contribution < 1.29 is 0 Å². The maximum atomic E-state index is 2.52. The summed E-state index contributed by atoms with van der Waals surface area (Å²) in [5.74, 6) is 0. The highest BCUT2D eigenvalue weighted by Crippen LogP contribution is 2.53. The lowest BCUT2D eigenvalue weighted by Crippen LogP contribution is -2.15. The van der Waals surface area contributed by atoms with Crippen molar-refractivity contribution in [1.82, 2.24) is 0 Å². The normalized spacial score (nSPS) is 11.6. The third-order valence-corrected chi connectivity index (χ3v) is 14.7. The smallest absolute Gasteiger partial charge is 0.0620 e. The Bertz CT molecular complexity index is 4260. The van der Waals surface area contributed by atoms with Crippen molar-refractivity contribution in [2.24, 2.45) is 0 Å². The fourth-order valence-corrected chi connectivity index (χ4v) is 11.1. The van der Waals surface area contributed by atoms with Gasteiger partial charge in [0.05, 0.1) is 11.4 Å². The summed E-state index contributed by atoms with van der Waals surface area (Å²) in [6.45, 7) is 0. The van der Waals surface area contributed by atoms with Crippen LogP contribution >= 0.6 is 0 Å². The van der Waals surface area contributed by atoms with E-state index in [0.29, 0.717) is 0 Å². The van der Waals surface area contributed by atoms with Gasteiger partial charge in [0.15, 0.2) is 0 Å². The van der Waals surface area contributed by atoms with Crippen LogP contribution in [-0.2, 0) is 0 Å². The van der Waals surface area contributed by atoms with Crippen LogP contribution in [-0.4, -0.2) is 0 Å². The lowest BCUT2D eigenvalue weighted by molar-refractivity contribution is 1.31. The average Bonchev–Trinajstić information content (AvgIpc) is 3.45. The molecule has 0 saturated heterocycles. The Morgan fingerprint density at radius 2 is 0.444 bits per heavy atom. The largest absolute Gasteiger partial charge is 0.309 e. The van der Waals surface area contributed by atoms with Gasteiger partial charge < -0.3 is 9.80 Å². The molecule has 0 aliphatic heterocycles. The number of hydrogen-bond donors (Lipinski definition) is 0. The fourth-order valence-electron chi connectivity index (χ4n) is 11.1. The van der Waals surface area contributed by atoms with E-state index in [9.17, 15) is 0 Å². The van der Waals surface area contributed by atoms with Gasteiger partial charge in [0, 0.05) is 44.3 Å². The molecule has 0 bridgehead atoms. The van der Waals surface area contributed by atoms with E-state index in [1.165, 1.54) is 65.0 Å². The van der Waals surface area contributed by atoms with Crippen LogP contribution in [0, 0.1) is 0 Å². The minimum absolute atomic E-state index is 1.09. The first-order valence-corrected chi connectivity index (χ1v) is 24.8. The Labute approximate surface area is 418 Å². The molecule has 14 aromatic rings. The zero-order valence-electron chi connectivity index (χ0n) is 39.5. The second-order valence-electron chi connectivity index (χ2n) is 18.9. The van der Waals surface area contributed by atoms with Crippen molar-refractivity contribution in [2.75, 3.05) is 9.80 Å². The van der Waals surface area contributed by atoms with E-state index in [4.69, 9.17) is 0 Å². The topological polar surface area (TPSA) is 6.48 Å². The molecular formula is C70H46N2. The van der Waals surface area contributed by atoms with Gasteiger partial charge in [-0.1, -0.05) is 212 Å². The van der Waals surface area contributed by atoms with Crippen LogP contribution in [0.3, 0.4) is 0 Å². The summed E-state index contributed by atoms with van der Waals surface area (Å²) in [6, 6.07) is 103. The first-order valence-electron chi connectivity index (χ1n) is 24.8. The van der Waals surface area contributed by atoms with Crippen LogP contribution in [0.25, 0.3) is 97.7 Å². The summed E-state index contributed by atoms with van der Waals surface area (Å²) in [5, 5.41) is 16.6. The Kier molecular flexibility index (Phi) is 9.89. The molecule has 0 aliphatic carbocycles. The maximum Gasteiger partial charge on any atom is 0.0620 e. The second kappa shape index (κ2) is 17.2. The summed E-state index contributed by atoms with van der Waals surface area (Å²) in [4.78, 5) is 5.05. The fraction of sp³-hybridized carbons (Fsp3) is 0. The van der Waals surface area contributed by atoms with Crippen LogP contribution in [0.4, 0.5) is 34.1 Å². The standard InChI is InChI=1S/C70H46N2/c1-2-14-47(15-3-1)59-32-38-65-67(45-59)69(71(61-34-28-49-17-5-10-22-54(49)41-61)62-35-29-50-18-6-11-23-55(50)42-62)66-39-33-60(58-27-26-48-16-4-9-21-53(48)40-58)46-68(66)70(65)72(63-36-30-51-19-7-12-24-56(51)43-63)64-37-31-52-20-8-13-25-57(52)44-64/h1-46H. The Morgan fingerprint density at radius 1 is 0.167 bits per heavy atom. The van der Waals surface area contributed by atoms with Gasteiger partial charge in [-0.25, -0.2) is 0 Å². The zero-order valence-corrected chi connectivity index (χ0v) is 39.5. The van der Waals surface area contributed by atoms with Crippen LogP contribution in [0.15, 0.2) is 279 Å². The number of benzene rings is 14. The molecule has 0 unspecified atom stereocenters. The Morgan fingerprint density at radius 3 is 0.819 bits per heavy atom. The van der Waals surface area contributed by atoms with Crippen molar-refractivity contribution in [3.8, 4) is 22.3 Å². The first kappa shape index (κ1) is 41.5. The minimum Gasteiger partial charge on any atom is -0.309 e. The Balaban J connectivity index is 1.16. The van der Waals surface area contributed by atoms with Gasteiger partial charge in [-0.15, -0.1) is 0 Å². The van der Waals surface area contributed by atoms with Gasteiger partial charge in [-0.2, -0.15) is 0 Å². The first-order chi connectivity index (χ1) is 35.7. The summed E-state index contributed by atoms with van der Waals surface area (Å²) in [6.07, 6.45) is 0. The van der Waals surface area contributed by atoms with E-state index in [0.717, 1.165) is 66.8 Å². The van der Waals surface area contributed by atoms with Gasteiger partial charge in [-0.3, -0.25) is 0 Å². The number of anilines is 6. The summed E-state index contributed by atoms with van der Waals surface area (Å²) in [7, 11) is 0. The number of nitrogens with zero attached hydrogens (tertiary/aromatic N) is 2. The molecule has 72 heavy (non-hydrogen) atoms. The maximum absolute atomic E-state index is 2.52. The predicted molar refractivity (Wildman–Crippen MR) is 309 cm³/mol. The molecule has 0 heterocycles. The monoisotopic (exact) mass is 914 g/mol. The number of hydrogen-bond acceptors (Lipinski definition) is 2. The Hall–Kier alpha value is -9.50. The third kappa shape index (κ3) is 7.20. The molecule has 0 amide bonds. The van der Waals surface area contributed by atoms with Crippen molar-refractivity contribution in [1.29, 1.82) is 0 Å². The third-order valence-electron chi connectivity index (χ3n) is 14.7. The lowest BCUT2D eigenvalue weighted by Gasteiger charge is -2.33. The van der Waals surface area contributed by atoms with E-state index < -0.39 is 0 Å². The molecule has 0 saturated carbocycles. The lowest BCUT2D eigenvalue weighted by atomic mass is 9.90. The highest BCUT2D eigenvalue weighted by molar-refractivity contribution is 6.25. The van der Waals surface area contributed by atoms with Gasteiger partial charge in [0.25, 0.3) is 0 Å². The molecule has 0 aromatic heterocycles. The van der Waals surface area contributed by atoms with Crippen molar-refractivity contribution >= 4 is 110 Å². The molecule has 0 fully saturated rings. The molecule has 14 rings (SSSR count). The molecule has 0 N–H and O–H groups in total. The van der Waals surface area contributed by atoms with E-state index in [-0.39, 0.29) is 0 Å². The van der Waals surface area contributed by atoms with E-state index in [1.807, 2.05) is 0 Å². The van der Waals surface area contributed by atoms with Crippen molar-refractivity contribution in [3.63, 3.8) is 0 Å². The average molecular weight is 915 g/mol. The molecule has 14 aromatic carbocycles.